The van der Waals surface area contributed by atoms with Crippen molar-refractivity contribution in [3.8, 4) is 0 Å². The van der Waals surface area contributed by atoms with Gasteiger partial charge >= 0.3 is 0 Å². The minimum Gasteiger partial charge on any atom is -0.346 e. The van der Waals surface area contributed by atoms with Gasteiger partial charge in [0.1, 0.15) is 0 Å². The molecular weight excluding hydrogens is 238 g/mol. The van der Waals surface area contributed by atoms with E-state index in [0.29, 0.717) is 13.0 Å². The van der Waals surface area contributed by atoms with E-state index < -0.39 is 0 Å². The molecule has 1 heterocycles. The Morgan fingerprint density at radius 2 is 1.95 bits per heavy atom. The fraction of sp³-hybridized carbons (Fsp3) is 0.933. The first kappa shape index (κ1) is 16.4. The van der Waals surface area contributed by atoms with Crippen LogP contribution in [0.3, 0.4) is 0 Å². The van der Waals surface area contributed by atoms with Crippen molar-refractivity contribution in [1.82, 2.24) is 9.80 Å². The van der Waals surface area contributed by atoms with E-state index in [1.165, 1.54) is 25.9 Å². The van der Waals surface area contributed by atoms with Crippen molar-refractivity contribution in [2.45, 2.75) is 39.5 Å². The fourth-order valence-corrected chi connectivity index (χ4v) is 2.47. The lowest BCUT2D eigenvalue weighted by atomic mass is 9.89. The Kier molecular flexibility index (Phi) is 6.27. The highest BCUT2D eigenvalue weighted by Gasteiger charge is 2.23. The lowest BCUT2D eigenvalue weighted by molar-refractivity contribution is -0.132. The maximum Gasteiger partial charge on any atom is 0.222 e. The molecule has 1 rings (SSSR count). The third-order valence-electron chi connectivity index (χ3n) is 4.32. The van der Waals surface area contributed by atoms with Crippen LogP contribution in [0, 0.1) is 11.3 Å². The molecule has 2 N–H and O–H groups in total. The van der Waals surface area contributed by atoms with E-state index in [4.69, 9.17) is 5.73 Å². The molecule has 0 radical (unpaired) electrons. The summed E-state index contributed by atoms with van der Waals surface area (Å²) in [5.41, 5.74) is 5.60. The van der Waals surface area contributed by atoms with E-state index >= 15 is 0 Å². The average molecular weight is 269 g/mol. The first-order valence-corrected chi connectivity index (χ1v) is 7.46. The van der Waals surface area contributed by atoms with E-state index in [1.54, 1.807) is 0 Å². The smallest absolute Gasteiger partial charge is 0.222 e. The van der Waals surface area contributed by atoms with Gasteiger partial charge in [0.2, 0.25) is 5.91 Å². The number of nitrogens with two attached hydrogens (primary N) is 1. The summed E-state index contributed by atoms with van der Waals surface area (Å²) in [4.78, 5) is 16.4. The van der Waals surface area contributed by atoms with Gasteiger partial charge in [-0.2, -0.15) is 0 Å². The van der Waals surface area contributed by atoms with Crippen molar-refractivity contribution < 1.29 is 4.79 Å². The number of carbonyl (C=O) groups is 1. The molecule has 0 aromatic rings. The zero-order valence-electron chi connectivity index (χ0n) is 13.1. The van der Waals surface area contributed by atoms with Gasteiger partial charge in [-0.05, 0) is 57.3 Å². The number of carbonyl (C=O) groups excluding carboxylic acids is 1. The van der Waals surface area contributed by atoms with Gasteiger partial charge in [-0.25, -0.2) is 0 Å². The summed E-state index contributed by atoms with van der Waals surface area (Å²) < 4.78 is 0. The second-order valence-electron chi connectivity index (χ2n) is 6.90. The summed E-state index contributed by atoms with van der Waals surface area (Å²) in [6.07, 6.45) is 4.23. The normalized spacial score (nSPS) is 18.6. The van der Waals surface area contributed by atoms with Gasteiger partial charge in [-0.1, -0.05) is 13.8 Å². The maximum absolute atomic E-state index is 12.1. The Labute approximate surface area is 118 Å². The van der Waals surface area contributed by atoms with Gasteiger partial charge < -0.3 is 15.5 Å². The molecule has 4 heteroatoms. The Morgan fingerprint density at radius 3 is 2.47 bits per heavy atom. The number of nitrogens with zero attached hydrogens (tertiary/aromatic N) is 2. The van der Waals surface area contributed by atoms with Gasteiger partial charge in [0.05, 0.1) is 0 Å². The summed E-state index contributed by atoms with van der Waals surface area (Å²) in [7, 11) is 4.10. The van der Waals surface area contributed by atoms with Gasteiger partial charge in [-0.3, -0.25) is 4.79 Å². The number of amides is 1. The number of rotatable bonds is 6. The van der Waals surface area contributed by atoms with Crippen LogP contribution in [0.5, 0.6) is 0 Å². The molecule has 19 heavy (non-hydrogen) atoms. The Hall–Kier alpha value is -0.610. The molecule has 0 unspecified atom stereocenters. The van der Waals surface area contributed by atoms with Crippen LogP contribution in [0.2, 0.25) is 0 Å². The predicted molar refractivity (Wildman–Crippen MR) is 79.9 cm³/mol. The van der Waals surface area contributed by atoms with Crippen LogP contribution < -0.4 is 5.73 Å². The number of piperidine rings is 1. The van der Waals surface area contributed by atoms with Crippen LogP contribution in [0.15, 0.2) is 0 Å². The fourth-order valence-electron chi connectivity index (χ4n) is 2.47. The zero-order valence-corrected chi connectivity index (χ0v) is 13.1. The Balaban J connectivity index is 2.27. The lowest BCUT2D eigenvalue weighted by Crippen LogP contribution is -2.36. The van der Waals surface area contributed by atoms with E-state index in [9.17, 15) is 4.79 Å². The molecule has 0 spiro atoms. The highest BCUT2D eigenvalue weighted by Crippen LogP contribution is 2.21. The molecule has 112 valence electrons. The van der Waals surface area contributed by atoms with Gasteiger partial charge in [0.15, 0.2) is 0 Å². The number of hydrogen-bond acceptors (Lipinski definition) is 3. The molecule has 0 aliphatic carbocycles. The third-order valence-corrected chi connectivity index (χ3v) is 4.32. The monoisotopic (exact) mass is 269 g/mol. The highest BCUT2D eigenvalue weighted by molar-refractivity contribution is 5.76. The Bertz CT molecular complexity index is 283. The number of hydrogen-bond donors (Lipinski definition) is 1. The van der Waals surface area contributed by atoms with Crippen LogP contribution in [-0.2, 0) is 4.79 Å². The van der Waals surface area contributed by atoms with Gasteiger partial charge in [0, 0.05) is 20.0 Å². The van der Waals surface area contributed by atoms with E-state index in [-0.39, 0.29) is 11.3 Å². The van der Waals surface area contributed by atoms with Crippen molar-refractivity contribution in [2.75, 3.05) is 40.3 Å². The molecule has 0 aromatic carbocycles. The summed E-state index contributed by atoms with van der Waals surface area (Å²) in [6.45, 7) is 7.94. The minimum absolute atomic E-state index is 0.0844. The molecule has 0 atom stereocenters. The lowest BCUT2D eigenvalue weighted by Gasteiger charge is -2.31. The molecule has 0 saturated carbocycles. The molecule has 1 fully saturated rings. The predicted octanol–water partition coefficient (Wildman–Crippen LogP) is 1.55. The second kappa shape index (κ2) is 7.25. The van der Waals surface area contributed by atoms with E-state index in [1.807, 2.05) is 11.9 Å². The summed E-state index contributed by atoms with van der Waals surface area (Å²) in [5, 5.41) is 0. The quantitative estimate of drug-likeness (QED) is 0.796. The molecule has 0 bridgehead atoms. The molecule has 1 aliphatic heterocycles. The van der Waals surface area contributed by atoms with Crippen molar-refractivity contribution in [3.05, 3.63) is 0 Å². The molecular formula is C15H31N3O. The first-order valence-electron chi connectivity index (χ1n) is 7.46. The largest absolute Gasteiger partial charge is 0.346 e. The second-order valence-corrected chi connectivity index (χ2v) is 6.90. The molecule has 0 aromatic heterocycles. The molecule has 4 nitrogen and oxygen atoms in total. The van der Waals surface area contributed by atoms with Crippen LogP contribution in [0.1, 0.15) is 39.5 Å². The van der Waals surface area contributed by atoms with Crippen molar-refractivity contribution in [1.29, 1.82) is 0 Å². The van der Waals surface area contributed by atoms with E-state index in [0.717, 1.165) is 18.9 Å². The Morgan fingerprint density at radius 1 is 1.37 bits per heavy atom. The summed E-state index contributed by atoms with van der Waals surface area (Å²) in [5.74, 6) is 1.01. The summed E-state index contributed by atoms with van der Waals surface area (Å²) in [6, 6.07) is 0. The minimum atomic E-state index is -0.0844. The first-order chi connectivity index (χ1) is 8.84. The molecule has 1 amide bonds. The van der Waals surface area contributed by atoms with Crippen LogP contribution in [-0.4, -0.2) is 56.0 Å². The highest BCUT2D eigenvalue weighted by atomic mass is 16.2. The van der Waals surface area contributed by atoms with Crippen molar-refractivity contribution in [2.24, 2.45) is 17.1 Å². The number of likely N-dealkylation sites (tertiary alicyclic amines) is 1. The van der Waals surface area contributed by atoms with Crippen LogP contribution >= 0.6 is 0 Å². The van der Waals surface area contributed by atoms with Crippen molar-refractivity contribution >= 4 is 5.91 Å². The average Bonchev–Trinajstić information content (AvgIpc) is 2.37. The van der Waals surface area contributed by atoms with Gasteiger partial charge in [0.25, 0.3) is 0 Å². The van der Waals surface area contributed by atoms with E-state index in [2.05, 4.69) is 25.8 Å². The van der Waals surface area contributed by atoms with Crippen LogP contribution in [0.25, 0.3) is 0 Å². The molecule has 1 saturated heterocycles. The van der Waals surface area contributed by atoms with Gasteiger partial charge in [-0.15, -0.1) is 0 Å². The zero-order chi connectivity index (χ0) is 14.5. The SMILES string of the molecule is CN1CCC(CCN(C)C(=O)CC(C)(C)CN)CC1. The maximum atomic E-state index is 12.1. The van der Waals surface area contributed by atoms with Crippen LogP contribution in [0.4, 0.5) is 0 Å². The topological polar surface area (TPSA) is 49.6 Å². The molecule has 1 aliphatic rings. The standard InChI is InChI=1S/C15H31N3O/c1-15(2,12-16)11-14(19)18(4)10-7-13-5-8-17(3)9-6-13/h13H,5-12,16H2,1-4H3. The summed E-state index contributed by atoms with van der Waals surface area (Å²) >= 11 is 0. The third kappa shape index (κ3) is 5.91. The van der Waals surface area contributed by atoms with Crippen molar-refractivity contribution in [3.63, 3.8) is 0 Å².